The second-order valence-electron chi connectivity index (χ2n) is 5.17. The molecule has 1 aromatic carbocycles. The Labute approximate surface area is 103 Å². The molecule has 0 amide bonds. The third-order valence-corrected chi connectivity index (χ3v) is 3.83. The first-order chi connectivity index (χ1) is 8.08. The van der Waals surface area contributed by atoms with Crippen molar-refractivity contribution in [3.63, 3.8) is 0 Å². The number of hydrogen-bond donors (Lipinski definition) is 2. The number of likely N-dealkylation sites (tertiary alicyclic amines) is 1. The minimum absolute atomic E-state index is 0.140. The van der Waals surface area contributed by atoms with Gasteiger partial charge in [-0.05, 0) is 37.0 Å². The van der Waals surface area contributed by atoms with Crippen molar-refractivity contribution in [3.05, 3.63) is 29.8 Å². The topological polar surface area (TPSA) is 49.5 Å². The van der Waals surface area contributed by atoms with E-state index in [0.29, 0.717) is 12.0 Å². The van der Waals surface area contributed by atoms with Crippen LogP contribution in [0, 0.1) is 5.92 Å². The molecule has 1 saturated heterocycles. The monoisotopic (exact) mass is 234 g/mol. The smallest absolute Gasteiger partial charge is 0.0590 e. The van der Waals surface area contributed by atoms with Crippen molar-refractivity contribution in [1.82, 2.24) is 4.90 Å². The minimum atomic E-state index is -0.140. The van der Waals surface area contributed by atoms with E-state index in [1.54, 1.807) is 0 Å². The minimum Gasteiger partial charge on any atom is -0.399 e. The second kappa shape index (κ2) is 5.07. The molecular formula is C14H22N2O. The van der Waals surface area contributed by atoms with Crippen molar-refractivity contribution < 1.29 is 5.11 Å². The van der Waals surface area contributed by atoms with Gasteiger partial charge in [0.25, 0.3) is 0 Å². The molecule has 0 aliphatic carbocycles. The number of nitrogens with two attached hydrogens (primary N) is 1. The van der Waals surface area contributed by atoms with Crippen molar-refractivity contribution in [2.24, 2.45) is 5.92 Å². The molecule has 3 unspecified atom stereocenters. The Hall–Kier alpha value is -1.06. The van der Waals surface area contributed by atoms with Gasteiger partial charge in [-0.1, -0.05) is 19.1 Å². The lowest BCUT2D eigenvalue weighted by Crippen LogP contribution is -2.42. The summed E-state index contributed by atoms with van der Waals surface area (Å²) in [6, 6.07) is 8.45. The number of hydrogen-bond acceptors (Lipinski definition) is 3. The van der Waals surface area contributed by atoms with E-state index >= 15 is 0 Å². The highest BCUT2D eigenvalue weighted by Gasteiger charge is 2.27. The number of aliphatic hydroxyl groups excluding tert-OH is 1. The Bertz CT molecular complexity index is 380. The number of nitrogen functional groups attached to an aromatic ring is 1. The van der Waals surface area contributed by atoms with Crippen LogP contribution in [0.1, 0.15) is 31.9 Å². The fourth-order valence-corrected chi connectivity index (χ4v) is 2.55. The van der Waals surface area contributed by atoms with Gasteiger partial charge >= 0.3 is 0 Å². The van der Waals surface area contributed by atoms with Crippen molar-refractivity contribution in [2.45, 2.75) is 32.4 Å². The number of rotatable bonds is 2. The molecule has 1 aliphatic heterocycles. The molecular weight excluding hydrogens is 212 g/mol. The molecule has 3 nitrogen and oxygen atoms in total. The Morgan fingerprint density at radius 1 is 1.47 bits per heavy atom. The van der Waals surface area contributed by atoms with Gasteiger partial charge in [0, 0.05) is 24.8 Å². The van der Waals surface area contributed by atoms with Gasteiger partial charge in [-0.15, -0.1) is 0 Å². The van der Waals surface area contributed by atoms with Gasteiger partial charge < -0.3 is 10.8 Å². The summed E-state index contributed by atoms with van der Waals surface area (Å²) >= 11 is 0. The normalized spacial score (nSPS) is 27.9. The van der Waals surface area contributed by atoms with Crippen LogP contribution in [0.15, 0.2) is 24.3 Å². The molecule has 0 bridgehead atoms. The van der Waals surface area contributed by atoms with Gasteiger partial charge in [0.2, 0.25) is 0 Å². The Morgan fingerprint density at radius 2 is 2.24 bits per heavy atom. The Kier molecular flexibility index (Phi) is 3.69. The molecule has 0 radical (unpaired) electrons. The average Bonchev–Trinajstić information content (AvgIpc) is 2.32. The zero-order valence-corrected chi connectivity index (χ0v) is 10.6. The maximum Gasteiger partial charge on any atom is 0.0590 e. The average molecular weight is 234 g/mol. The number of benzene rings is 1. The predicted molar refractivity (Wildman–Crippen MR) is 70.6 cm³/mol. The molecule has 3 N–H and O–H groups in total. The molecule has 17 heavy (non-hydrogen) atoms. The molecule has 0 aromatic heterocycles. The molecule has 1 aromatic rings. The van der Waals surface area contributed by atoms with Gasteiger partial charge in [-0.25, -0.2) is 0 Å². The standard InChI is InChI=1S/C14H22N2O/c1-10-9-16(7-6-14(10)17)11(2)12-4-3-5-13(15)8-12/h3-5,8,10-11,14,17H,6-7,9,15H2,1-2H3. The molecule has 3 heteroatoms. The first-order valence-electron chi connectivity index (χ1n) is 6.35. The molecule has 1 heterocycles. The van der Waals surface area contributed by atoms with Crippen LogP contribution < -0.4 is 5.73 Å². The van der Waals surface area contributed by atoms with Crippen LogP contribution in [0.4, 0.5) is 5.69 Å². The molecule has 0 saturated carbocycles. The van der Waals surface area contributed by atoms with Gasteiger partial charge in [0.15, 0.2) is 0 Å². The van der Waals surface area contributed by atoms with Crippen LogP contribution in [0.25, 0.3) is 0 Å². The quantitative estimate of drug-likeness (QED) is 0.770. The largest absolute Gasteiger partial charge is 0.399 e. The van der Waals surface area contributed by atoms with Crippen LogP contribution in [-0.2, 0) is 0 Å². The number of anilines is 1. The number of piperidine rings is 1. The highest BCUT2D eigenvalue weighted by Crippen LogP contribution is 2.27. The zero-order valence-electron chi connectivity index (χ0n) is 10.6. The van der Waals surface area contributed by atoms with E-state index in [2.05, 4.69) is 24.8 Å². The highest BCUT2D eigenvalue weighted by atomic mass is 16.3. The zero-order chi connectivity index (χ0) is 12.4. The lowest BCUT2D eigenvalue weighted by atomic mass is 9.94. The van der Waals surface area contributed by atoms with Gasteiger partial charge in [-0.3, -0.25) is 4.90 Å². The van der Waals surface area contributed by atoms with E-state index in [1.165, 1.54) is 5.56 Å². The van der Waals surface area contributed by atoms with Crippen LogP contribution in [0.2, 0.25) is 0 Å². The number of aliphatic hydroxyl groups is 1. The van der Waals surface area contributed by atoms with E-state index in [-0.39, 0.29) is 6.10 Å². The first kappa shape index (κ1) is 12.4. The van der Waals surface area contributed by atoms with Crippen molar-refractivity contribution in [2.75, 3.05) is 18.8 Å². The lowest BCUT2D eigenvalue weighted by molar-refractivity contribution is 0.0199. The van der Waals surface area contributed by atoms with E-state index in [9.17, 15) is 5.11 Å². The summed E-state index contributed by atoms with van der Waals surface area (Å²) in [5.74, 6) is 0.354. The Balaban J connectivity index is 2.07. The third kappa shape index (κ3) is 2.79. The fourth-order valence-electron chi connectivity index (χ4n) is 2.55. The first-order valence-corrected chi connectivity index (χ1v) is 6.35. The second-order valence-corrected chi connectivity index (χ2v) is 5.17. The molecule has 3 atom stereocenters. The van der Waals surface area contributed by atoms with Crippen molar-refractivity contribution >= 4 is 5.69 Å². The van der Waals surface area contributed by atoms with Gasteiger partial charge in [-0.2, -0.15) is 0 Å². The summed E-state index contributed by atoms with van der Waals surface area (Å²) in [4.78, 5) is 2.42. The van der Waals surface area contributed by atoms with Crippen LogP contribution in [0.3, 0.4) is 0 Å². The molecule has 1 aliphatic rings. The summed E-state index contributed by atoms with van der Waals surface area (Å²) in [7, 11) is 0. The summed E-state index contributed by atoms with van der Waals surface area (Å²) < 4.78 is 0. The van der Waals surface area contributed by atoms with Gasteiger partial charge in [0.1, 0.15) is 0 Å². The summed E-state index contributed by atoms with van der Waals surface area (Å²) in [5, 5.41) is 9.75. The van der Waals surface area contributed by atoms with Crippen LogP contribution >= 0.6 is 0 Å². The maximum absolute atomic E-state index is 9.75. The van der Waals surface area contributed by atoms with Crippen molar-refractivity contribution in [3.8, 4) is 0 Å². The fraction of sp³-hybridized carbons (Fsp3) is 0.571. The molecule has 94 valence electrons. The van der Waals surface area contributed by atoms with E-state index in [4.69, 9.17) is 5.73 Å². The van der Waals surface area contributed by atoms with Crippen LogP contribution in [0.5, 0.6) is 0 Å². The van der Waals surface area contributed by atoms with Gasteiger partial charge in [0.05, 0.1) is 6.10 Å². The summed E-state index contributed by atoms with van der Waals surface area (Å²) in [6.07, 6.45) is 0.729. The summed E-state index contributed by atoms with van der Waals surface area (Å²) in [6.45, 7) is 6.24. The third-order valence-electron chi connectivity index (χ3n) is 3.83. The van der Waals surface area contributed by atoms with E-state index in [0.717, 1.165) is 25.2 Å². The maximum atomic E-state index is 9.75. The summed E-state index contributed by atoms with van der Waals surface area (Å²) in [5.41, 5.74) is 7.89. The van der Waals surface area contributed by atoms with E-state index < -0.39 is 0 Å². The van der Waals surface area contributed by atoms with E-state index in [1.807, 2.05) is 18.2 Å². The molecule has 0 spiro atoms. The number of nitrogens with zero attached hydrogens (tertiary/aromatic N) is 1. The van der Waals surface area contributed by atoms with Crippen molar-refractivity contribution in [1.29, 1.82) is 0 Å². The highest BCUT2D eigenvalue weighted by molar-refractivity contribution is 5.41. The molecule has 2 rings (SSSR count). The SMILES string of the molecule is CC1CN(C(C)c2cccc(N)c2)CCC1O. The molecule has 1 fully saturated rings. The Morgan fingerprint density at radius 3 is 2.88 bits per heavy atom. The lowest BCUT2D eigenvalue weighted by Gasteiger charge is -2.38. The predicted octanol–water partition coefficient (Wildman–Crippen LogP) is 2.03. The van der Waals surface area contributed by atoms with Crippen LogP contribution in [-0.4, -0.2) is 29.2 Å².